The van der Waals surface area contributed by atoms with Crippen molar-refractivity contribution in [1.29, 1.82) is 0 Å². The molecule has 0 saturated carbocycles. The molecule has 8 heteroatoms. The van der Waals surface area contributed by atoms with Crippen LogP contribution in [0.4, 0.5) is 15.3 Å². The van der Waals surface area contributed by atoms with Gasteiger partial charge in [0.2, 0.25) is 0 Å². The van der Waals surface area contributed by atoms with Crippen molar-refractivity contribution in [2.45, 2.75) is 13.3 Å². The third-order valence-corrected chi connectivity index (χ3v) is 3.72. The second kappa shape index (κ2) is 7.12. The second-order valence-corrected chi connectivity index (χ2v) is 5.56. The second-order valence-electron chi connectivity index (χ2n) is 5.56. The van der Waals surface area contributed by atoms with Crippen molar-refractivity contribution in [1.82, 2.24) is 20.4 Å². The number of anilines is 1. The number of fused-ring (bicyclic) bond motifs is 1. The molecule has 1 aromatic heterocycles. The highest BCUT2D eigenvalue weighted by molar-refractivity contribution is 6.00. The van der Waals surface area contributed by atoms with Gasteiger partial charge in [0, 0.05) is 25.0 Å². The molecule has 2 heterocycles. The van der Waals surface area contributed by atoms with E-state index in [9.17, 15) is 9.59 Å². The molecule has 1 saturated heterocycles. The smallest absolute Gasteiger partial charge is 0.409 e. The van der Waals surface area contributed by atoms with E-state index < -0.39 is 0 Å². The molecule has 126 valence electrons. The molecule has 0 aliphatic carbocycles. The zero-order valence-electron chi connectivity index (χ0n) is 13.4. The number of carbonyl (C=O) groups is 2. The van der Waals surface area contributed by atoms with E-state index in [2.05, 4.69) is 20.8 Å². The number of benzene rings is 1. The number of hydrogen-bond acceptors (Lipinski definition) is 5. The van der Waals surface area contributed by atoms with Gasteiger partial charge in [0.05, 0.1) is 23.5 Å². The Balaban J connectivity index is 1.57. The molecule has 3 amide bonds. The Bertz CT molecular complexity index is 764. The van der Waals surface area contributed by atoms with Gasteiger partial charge < -0.3 is 20.3 Å². The van der Waals surface area contributed by atoms with Crippen LogP contribution in [-0.4, -0.2) is 53.5 Å². The van der Waals surface area contributed by atoms with Crippen molar-refractivity contribution in [3.05, 3.63) is 30.0 Å². The maximum absolute atomic E-state index is 12.1. The van der Waals surface area contributed by atoms with Crippen molar-refractivity contribution >= 4 is 28.7 Å². The van der Waals surface area contributed by atoms with E-state index in [-0.39, 0.29) is 12.1 Å². The van der Waals surface area contributed by atoms with E-state index in [1.165, 1.54) is 0 Å². The van der Waals surface area contributed by atoms with Gasteiger partial charge in [0.1, 0.15) is 0 Å². The lowest BCUT2D eigenvalue weighted by atomic mass is 10.2. The highest BCUT2D eigenvalue weighted by atomic mass is 16.6. The Morgan fingerprint density at radius 3 is 3.08 bits per heavy atom. The Morgan fingerprint density at radius 2 is 2.25 bits per heavy atom. The van der Waals surface area contributed by atoms with Gasteiger partial charge in [-0.05, 0) is 31.5 Å². The average Bonchev–Trinajstić information content (AvgIpc) is 2.57. The number of amides is 3. The fraction of sp³-hybridized carbons (Fsp3) is 0.375. The average molecular weight is 329 g/mol. The van der Waals surface area contributed by atoms with E-state index in [4.69, 9.17) is 4.74 Å². The number of aryl methyl sites for hydroxylation is 1. The molecule has 0 unspecified atom stereocenters. The van der Waals surface area contributed by atoms with Gasteiger partial charge in [0.25, 0.3) is 0 Å². The number of urea groups is 1. The van der Waals surface area contributed by atoms with E-state index in [1.54, 1.807) is 4.90 Å². The van der Waals surface area contributed by atoms with Crippen molar-refractivity contribution in [2.75, 3.05) is 31.6 Å². The van der Waals surface area contributed by atoms with E-state index in [1.807, 2.05) is 31.2 Å². The first-order chi connectivity index (χ1) is 11.6. The number of ether oxygens (including phenoxy) is 1. The van der Waals surface area contributed by atoms with E-state index >= 15 is 0 Å². The molecule has 1 aromatic carbocycles. The fourth-order valence-corrected chi connectivity index (χ4v) is 2.54. The SMILES string of the molecule is Cc1cc2c(NC(=O)NCCN3CCCOC3=O)cccc2nn1. The van der Waals surface area contributed by atoms with Crippen LogP contribution in [0.25, 0.3) is 10.9 Å². The van der Waals surface area contributed by atoms with Gasteiger partial charge in [0.15, 0.2) is 0 Å². The Labute approximate surface area is 139 Å². The van der Waals surface area contributed by atoms with Crippen LogP contribution in [0, 0.1) is 6.92 Å². The van der Waals surface area contributed by atoms with Crippen LogP contribution in [0.2, 0.25) is 0 Å². The predicted octanol–water partition coefficient (Wildman–Crippen LogP) is 1.90. The third-order valence-electron chi connectivity index (χ3n) is 3.72. The number of cyclic esters (lactones) is 1. The Kier molecular flexibility index (Phi) is 4.74. The number of aromatic nitrogens is 2. The quantitative estimate of drug-likeness (QED) is 0.893. The van der Waals surface area contributed by atoms with Gasteiger partial charge in [-0.3, -0.25) is 0 Å². The van der Waals surface area contributed by atoms with Crippen LogP contribution >= 0.6 is 0 Å². The summed E-state index contributed by atoms with van der Waals surface area (Å²) in [5, 5.41) is 14.5. The number of rotatable bonds is 4. The fourth-order valence-electron chi connectivity index (χ4n) is 2.54. The summed E-state index contributed by atoms with van der Waals surface area (Å²) in [7, 11) is 0. The third kappa shape index (κ3) is 3.70. The zero-order chi connectivity index (χ0) is 16.9. The molecular formula is C16H19N5O3. The van der Waals surface area contributed by atoms with Crippen LogP contribution < -0.4 is 10.6 Å². The Hall–Kier alpha value is -2.90. The minimum atomic E-state index is -0.331. The molecule has 1 aliphatic heterocycles. The van der Waals surface area contributed by atoms with E-state index in [0.29, 0.717) is 31.9 Å². The Morgan fingerprint density at radius 1 is 1.38 bits per heavy atom. The minimum Gasteiger partial charge on any atom is -0.449 e. The van der Waals surface area contributed by atoms with Crippen molar-refractivity contribution < 1.29 is 14.3 Å². The summed E-state index contributed by atoms with van der Waals surface area (Å²) in [6.07, 6.45) is 0.487. The molecule has 8 nitrogen and oxygen atoms in total. The van der Waals surface area contributed by atoms with Crippen molar-refractivity contribution in [3.63, 3.8) is 0 Å². The maximum Gasteiger partial charge on any atom is 0.409 e. The minimum absolute atomic E-state index is 0.327. The molecule has 1 aliphatic rings. The molecule has 3 rings (SSSR count). The van der Waals surface area contributed by atoms with Crippen LogP contribution in [0.1, 0.15) is 12.1 Å². The van der Waals surface area contributed by atoms with Crippen LogP contribution in [0.15, 0.2) is 24.3 Å². The lowest BCUT2D eigenvalue weighted by molar-refractivity contribution is 0.0736. The number of nitrogens with one attached hydrogen (secondary N) is 2. The van der Waals surface area contributed by atoms with Gasteiger partial charge in [-0.15, -0.1) is 0 Å². The van der Waals surface area contributed by atoms with Crippen LogP contribution in [0.3, 0.4) is 0 Å². The molecule has 0 radical (unpaired) electrons. The van der Waals surface area contributed by atoms with Gasteiger partial charge >= 0.3 is 12.1 Å². The molecule has 24 heavy (non-hydrogen) atoms. The normalized spacial score (nSPS) is 14.4. The zero-order valence-corrected chi connectivity index (χ0v) is 13.4. The standard InChI is InChI=1S/C16H19N5O3/c1-11-10-12-13(4-2-5-14(12)20-19-11)18-15(22)17-6-8-21-7-3-9-24-16(21)23/h2,4-5,10H,3,6-9H2,1H3,(H2,17,18,22). The monoisotopic (exact) mass is 329 g/mol. The predicted molar refractivity (Wildman–Crippen MR) is 88.8 cm³/mol. The van der Waals surface area contributed by atoms with Gasteiger partial charge in [-0.2, -0.15) is 10.2 Å². The molecule has 2 N–H and O–H groups in total. The first kappa shape index (κ1) is 16.0. The molecule has 0 bridgehead atoms. The lowest BCUT2D eigenvalue weighted by Crippen LogP contribution is -2.43. The number of hydrogen-bond donors (Lipinski definition) is 2. The topological polar surface area (TPSA) is 96.5 Å². The van der Waals surface area contributed by atoms with Crippen LogP contribution in [0.5, 0.6) is 0 Å². The number of carbonyl (C=O) groups excluding carboxylic acids is 2. The van der Waals surface area contributed by atoms with Gasteiger partial charge in [-0.25, -0.2) is 9.59 Å². The van der Waals surface area contributed by atoms with Crippen molar-refractivity contribution in [3.8, 4) is 0 Å². The first-order valence-electron chi connectivity index (χ1n) is 7.83. The van der Waals surface area contributed by atoms with E-state index in [0.717, 1.165) is 23.0 Å². The summed E-state index contributed by atoms with van der Waals surface area (Å²) in [6, 6.07) is 7.01. The highest BCUT2D eigenvalue weighted by Gasteiger charge is 2.19. The molecule has 0 spiro atoms. The highest BCUT2D eigenvalue weighted by Crippen LogP contribution is 2.21. The van der Waals surface area contributed by atoms with Gasteiger partial charge in [-0.1, -0.05) is 6.07 Å². The summed E-state index contributed by atoms with van der Waals surface area (Å²) >= 11 is 0. The maximum atomic E-state index is 12.1. The first-order valence-corrected chi connectivity index (χ1v) is 7.83. The summed E-state index contributed by atoms with van der Waals surface area (Å²) in [5.74, 6) is 0. The summed E-state index contributed by atoms with van der Waals surface area (Å²) < 4.78 is 4.95. The molecular weight excluding hydrogens is 310 g/mol. The van der Waals surface area contributed by atoms with Crippen molar-refractivity contribution in [2.24, 2.45) is 0 Å². The molecule has 2 aromatic rings. The number of nitrogens with zero attached hydrogens (tertiary/aromatic N) is 3. The summed E-state index contributed by atoms with van der Waals surface area (Å²) in [4.78, 5) is 25.2. The van der Waals surface area contributed by atoms with Crippen LogP contribution in [-0.2, 0) is 4.74 Å². The molecule has 0 atom stereocenters. The largest absolute Gasteiger partial charge is 0.449 e. The summed E-state index contributed by atoms with van der Waals surface area (Å²) in [6.45, 7) is 3.74. The molecule has 1 fully saturated rings. The lowest BCUT2D eigenvalue weighted by Gasteiger charge is -2.26. The summed E-state index contributed by atoms with van der Waals surface area (Å²) in [5.41, 5.74) is 2.16.